The van der Waals surface area contributed by atoms with Gasteiger partial charge < -0.3 is 10.4 Å². The van der Waals surface area contributed by atoms with E-state index in [1.807, 2.05) is 13.8 Å². The van der Waals surface area contributed by atoms with Crippen molar-refractivity contribution in [2.24, 2.45) is 0 Å². The van der Waals surface area contributed by atoms with Gasteiger partial charge in [0.1, 0.15) is 0 Å². The van der Waals surface area contributed by atoms with Crippen LogP contribution in [0.1, 0.15) is 43.5 Å². The third-order valence-electron chi connectivity index (χ3n) is 2.74. The van der Waals surface area contributed by atoms with Crippen molar-refractivity contribution >= 4 is 0 Å². The van der Waals surface area contributed by atoms with Gasteiger partial charge >= 0.3 is 0 Å². The lowest BCUT2D eigenvalue weighted by Crippen LogP contribution is -2.36. The van der Waals surface area contributed by atoms with E-state index in [0.29, 0.717) is 6.54 Å². The molecule has 2 nitrogen and oxygen atoms in total. The summed E-state index contributed by atoms with van der Waals surface area (Å²) in [6.45, 7) is 10.6. The Balaban J connectivity index is 2.73. The van der Waals surface area contributed by atoms with Gasteiger partial charge in [-0.2, -0.15) is 0 Å². The van der Waals surface area contributed by atoms with E-state index in [1.165, 1.54) is 16.7 Å². The lowest BCUT2D eigenvalue weighted by molar-refractivity contribution is 0.0770. The number of benzene rings is 1. The van der Waals surface area contributed by atoms with E-state index in [-0.39, 0.29) is 6.04 Å². The van der Waals surface area contributed by atoms with Crippen molar-refractivity contribution in [3.05, 3.63) is 34.9 Å². The molecule has 0 aliphatic rings. The van der Waals surface area contributed by atoms with E-state index in [1.54, 1.807) is 0 Å². The maximum absolute atomic E-state index is 9.67. The first-order chi connectivity index (χ1) is 7.29. The van der Waals surface area contributed by atoms with Crippen molar-refractivity contribution in [3.63, 3.8) is 0 Å². The molecule has 1 atom stereocenters. The average molecular weight is 221 g/mol. The van der Waals surface area contributed by atoms with Crippen molar-refractivity contribution in [1.82, 2.24) is 5.32 Å². The maximum Gasteiger partial charge on any atom is 0.0715 e. The minimum atomic E-state index is -0.661. The van der Waals surface area contributed by atoms with Gasteiger partial charge in [0.05, 0.1) is 5.60 Å². The molecule has 0 radical (unpaired) electrons. The van der Waals surface area contributed by atoms with Crippen molar-refractivity contribution in [1.29, 1.82) is 0 Å². The highest BCUT2D eigenvalue weighted by atomic mass is 16.3. The highest BCUT2D eigenvalue weighted by Crippen LogP contribution is 2.19. The summed E-state index contributed by atoms with van der Waals surface area (Å²) in [4.78, 5) is 0. The van der Waals surface area contributed by atoms with Gasteiger partial charge in [0, 0.05) is 12.6 Å². The summed E-state index contributed by atoms with van der Waals surface area (Å²) in [6.07, 6.45) is 0. The van der Waals surface area contributed by atoms with Crippen LogP contribution in [0.25, 0.3) is 0 Å². The van der Waals surface area contributed by atoms with Gasteiger partial charge in [0.25, 0.3) is 0 Å². The first kappa shape index (κ1) is 13.2. The topological polar surface area (TPSA) is 32.3 Å². The molecule has 0 spiro atoms. The van der Waals surface area contributed by atoms with Crippen molar-refractivity contribution in [2.45, 2.75) is 46.3 Å². The Labute approximate surface area is 98.7 Å². The van der Waals surface area contributed by atoms with Crippen LogP contribution in [-0.4, -0.2) is 17.3 Å². The van der Waals surface area contributed by atoms with Gasteiger partial charge in [0.2, 0.25) is 0 Å². The molecule has 0 aliphatic heterocycles. The zero-order valence-electron chi connectivity index (χ0n) is 11.0. The molecule has 0 saturated heterocycles. The van der Waals surface area contributed by atoms with E-state index in [9.17, 15) is 5.11 Å². The first-order valence-corrected chi connectivity index (χ1v) is 5.82. The number of aliphatic hydroxyl groups is 1. The fourth-order valence-electron chi connectivity index (χ4n) is 1.74. The Bertz CT molecular complexity index is 352. The van der Waals surface area contributed by atoms with E-state index in [4.69, 9.17) is 0 Å². The third-order valence-corrected chi connectivity index (χ3v) is 2.74. The molecule has 2 N–H and O–H groups in total. The highest BCUT2D eigenvalue weighted by Gasteiger charge is 2.15. The molecule has 1 unspecified atom stereocenters. The van der Waals surface area contributed by atoms with E-state index < -0.39 is 5.60 Å². The second-order valence-corrected chi connectivity index (χ2v) is 5.28. The summed E-state index contributed by atoms with van der Waals surface area (Å²) < 4.78 is 0. The predicted octanol–water partition coefficient (Wildman–Crippen LogP) is 2.72. The lowest BCUT2D eigenvalue weighted by Gasteiger charge is -2.23. The molecule has 0 bridgehead atoms. The zero-order valence-corrected chi connectivity index (χ0v) is 11.0. The molecule has 0 aromatic heterocycles. The van der Waals surface area contributed by atoms with Crippen LogP contribution in [0, 0.1) is 13.8 Å². The summed E-state index contributed by atoms with van der Waals surface area (Å²) in [5.74, 6) is 0. The third kappa shape index (κ3) is 3.95. The predicted molar refractivity (Wildman–Crippen MR) is 68.6 cm³/mol. The summed E-state index contributed by atoms with van der Waals surface area (Å²) in [5.41, 5.74) is 3.22. The fraction of sp³-hybridized carbons (Fsp3) is 0.571. The Morgan fingerprint density at radius 3 is 2.50 bits per heavy atom. The molecule has 1 rings (SSSR count). The second-order valence-electron chi connectivity index (χ2n) is 5.28. The molecule has 1 aromatic rings. The SMILES string of the molecule is Cc1ccc(C)c(C(C)NCC(C)(C)O)c1. The normalized spacial score (nSPS) is 13.9. The molecule has 0 heterocycles. The number of nitrogens with one attached hydrogen (secondary N) is 1. The molecule has 0 fully saturated rings. The molecule has 16 heavy (non-hydrogen) atoms. The number of hydrogen-bond acceptors (Lipinski definition) is 2. The molecule has 0 aliphatic carbocycles. The molecule has 0 saturated carbocycles. The summed E-state index contributed by atoms with van der Waals surface area (Å²) in [5, 5.41) is 13.0. The van der Waals surface area contributed by atoms with Gasteiger partial charge in [-0.15, -0.1) is 0 Å². The first-order valence-electron chi connectivity index (χ1n) is 5.82. The van der Waals surface area contributed by atoms with Crippen molar-refractivity contribution in [2.75, 3.05) is 6.54 Å². The summed E-state index contributed by atoms with van der Waals surface area (Å²) >= 11 is 0. The Morgan fingerprint density at radius 2 is 1.94 bits per heavy atom. The minimum absolute atomic E-state index is 0.270. The van der Waals surface area contributed by atoms with Crippen LogP contribution < -0.4 is 5.32 Å². The molecule has 2 heteroatoms. The van der Waals surface area contributed by atoms with Gasteiger partial charge in [0.15, 0.2) is 0 Å². The number of rotatable bonds is 4. The van der Waals surface area contributed by atoms with Crippen molar-refractivity contribution < 1.29 is 5.11 Å². The molecular weight excluding hydrogens is 198 g/mol. The van der Waals surface area contributed by atoms with E-state index >= 15 is 0 Å². The highest BCUT2D eigenvalue weighted by molar-refractivity contribution is 5.32. The van der Waals surface area contributed by atoms with E-state index in [0.717, 1.165) is 0 Å². The Kier molecular flexibility index (Phi) is 4.11. The van der Waals surface area contributed by atoms with Crippen LogP contribution in [0.5, 0.6) is 0 Å². The van der Waals surface area contributed by atoms with Crippen LogP contribution in [-0.2, 0) is 0 Å². The number of hydrogen-bond donors (Lipinski definition) is 2. The Morgan fingerprint density at radius 1 is 1.31 bits per heavy atom. The van der Waals surface area contributed by atoms with Crippen LogP contribution in [0.2, 0.25) is 0 Å². The van der Waals surface area contributed by atoms with E-state index in [2.05, 4.69) is 44.3 Å². The second kappa shape index (κ2) is 4.98. The van der Waals surface area contributed by atoms with Gasteiger partial charge in [-0.05, 0) is 45.7 Å². The van der Waals surface area contributed by atoms with Crippen LogP contribution >= 0.6 is 0 Å². The Hall–Kier alpha value is -0.860. The quantitative estimate of drug-likeness (QED) is 0.819. The lowest BCUT2D eigenvalue weighted by atomic mass is 9.99. The van der Waals surface area contributed by atoms with Crippen LogP contribution in [0.3, 0.4) is 0 Å². The largest absolute Gasteiger partial charge is 0.389 e. The van der Waals surface area contributed by atoms with Gasteiger partial charge in [-0.1, -0.05) is 23.8 Å². The monoisotopic (exact) mass is 221 g/mol. The van der Waals surface area contributed by atoms with Crippen LogP contribution in [0.15, 0.2) is 18.2 Å². The zero-order chi connectivity index (χ0) is 12.3. The van der Waals surface area contributed by atoms with Crippen LogP contribution in [0.4, 0.5) is 0 Å². The minimum Gasteiger partial charge on any atom is -0.389 e. The average Bonchev–Trinajstić information content (AvgIpc) is 2.17. The van der Waals surface area contributed by atoms with Gasteiger partial charge in [-0.3, -0.25) is 0 Å². The fourth-order valence-corrected chi connectivity index (χ4v) is 1.74. The smallest absolute Gasteiger partial charge is 0.0715 e. The molecule has 0 amide bonds. The standard InChI is InChI=1S/C14H23NO/c1-10-6-7-11(2)13(8-10)12(3)15-9-14(4,5)16/h6-8,12,15-16H,9H2,1-5H3. The molecule has 1 aromatic carbocycles. The van der Waals surface area contributed by atoms with Crippen molar-refractivity contribution in [3.8, 4) is 0 Å². The van der Waals surface area contributed by atoms with Gasteiger partial charge in [-0.25, -0.2) is 0 Å². The summed E-state index contributed by atoms with van der Waals surface area (Å²) in [6, 6.07) is 6.75. The maximum atomic E-state index is 9.67. The summed E-state index contributed by atoms with van der Waals surface area (Å²) in [7, 11) is 0. The number of aryl methyl sites for hydroxylation is 2. The molecular formula is C14H23NO. The molecule has 90 valence electrons.